The van der Waals surface area contributed by atoms with Gasteiger partial charge in [0.15, 0.2) is 5.82 Å². The van der Waals surface area contributed by atoms with Crippen LogP contribution >= 0.6 is 0 Å². The molecule has 1 aromatic heterocycles. The van der Waals surface area contributed by atoms with E-state index in [1.54, 1.807) is 4.90 Å². The highest BCUT2D eigenvalue weighted by molar-refractivity contribution is 5.98. The molecule has 2 aliphatic heterocycles. The third-order valence-electron chi connectivity index (χ3n) is 9.52. The van der Waals surface area contributed by atoms with E-state index in [1.165, 1.54) is 17.8 Å². The number of carbonyl (C=O) groups is 3. The van der Waals surface area contributed by atoms with Gasteiger partial charge in [0.2, 0.25) is 5.91 Å². The second kappa shape index (κ2) is 12.2. The van der Waals surface area contributed by atoms with Gasteiger partial charge in [-0.3, -0.25) is 14.7 Å². The zero-order valence-electron chi connectivity index (χ0n) is 27.1. The van der Waals surface area contributed by atoms with Crippen molar-refractivity contribution >= 4 is 29.2 Å². The first-order valence-electron chi connectivity index (χ1n) is 16.1. The van der Waals surface area contributed by atoms with Crippen molar-refractivity contribution in [3.05, 3.63) is 52.5 Å². The van der Waals surface area contributed by atoms with Gasteiger partial charge >= 0.3 is 12.3 Å². The van der Waals surface area contributed by atoms with Crippen LogP contribution in [-0.4, -0.2) is 76.3 Å². The molecule has 254 valence electrons. The Balaban J connectivity index is 1.24. The molecule has 0 bridgehead atoms. The zero-order valence-corrected chi connectivity index (χ0v) is 27.1. The first-order valence-corrected chi connectivity index (χ1v) is 16.1. The molecule has 11 nitrogen and oxygen atoms in total. The van der Waals surface area contributed by atoms with E-state index in [2.05, 4.69) is 20.8 Å². The van der Waals surface area contributed by atoms with Gasteiger partial charge in [0.1, 0.15) is 5.60 Å². The van der Waals surface area contributed by atoms with Crippen LogP contribution in [0.25, 0.3) is 5.57 Å². The molecule has 14 heteroatoms. The van der Waals surface area contributed by atoms with Gasteiger partial charge in [-0.1, -0.05) is 6.08 Å². The average molecular weight is 659 g/mol. The van der Waals surface area contributed by atoms with Crippen LogP contribution in [0.4, 0.5) is 23.7 Å². The molecule has 3 atom stereocenters. The molecule has 47 heavy (non-hydrogen) atoms. The van der Waals surface area contributed by atoms with E-state index in [0.717, 1.165) is 24.1 Å². The highest BCUT2D eigenvalue weighted by Gasteiger charge is 2.64. The van der Waals surface area contributed by atoms with Gasteiger partial charge in [-0.2, -0.15) is 13.2 Å². The smallest absolute Gasteiger partial charge is 0.416 e. The van der Waals surface area contributed by atoms with Crippen LogP contribution in [0.15, 0.2) is 35.5 Å². The maximum Gasteiger partial charge on any atom is 0.416 e. The fraction of sp³-hybridized carbons (Fsp3) is 0.576. The first kappa shape index (κ1) is 32.9. The van der Waals surface area contributed by atoms with Gasteiger partial charge in [-0.05, 0) is 95.1 Å². The van der Waals surface area contributed by atoms with Crippen LogP contribution in [0.2, 0.25) is 0 Å². The largest absolute Gasteiger partial charge is 0.444 e. The number of nitrogens with one attached hydrogen (secondary N) is 3. The number of amides is 2. The van der Waals surface area contributed by atoms with E-state index in [0.29, 0.717) is 69.1 Å². The number of carbonyl (C=O) groups excluding carboxylic acids is 3. The van der Waals surface area contributed by atoms with E-state index in [9.17, 15) is 27.6 Å². The van der Waals surface area contributed by atoms with Crippen molar-refractivity contribution in [2.45, 2.75) is 71.6 Å². The highest BCUT2D eigenvalue weighted by atomic mass is 19.4. The standard InChI is InChI=1S/C33H41F3N6O5/c1-19-16-21(33(34,35)36)6-7-24(19)38-25(43)18-37-27-22-17-23(22)32(10-5-12-41(13-11-32)30(45)47-31(2,3)4)26(27)29(44)42-39-28(40-42)20-8-14-46-15-9-20/h6-8,16,22-23,37H,5,9-15,17-18H2,1-4H3,(H,38,43)(H,39,40). The number of halogens is 3. The Kier molecular flexibility index (Phi) is 8.52. The lowest BCUT2D eigenvalue weighted by molar-refractivity contribution is -0.137. The molecule has 1 saturated heterocycles. The predicted molar refractivity (Wildman–Crippen MR) is 166 cm³/mol. The molecule has 3 N–H and O–H groups in total. The molecule has 1 aromatic carbocycles. The van der Waals surface area contributed by atoms with Crippen LogP contribution in [0.5, 0.6) is 0 Å². The number of aromatic amines is 1. The lowest BCUT2D eigenvalue weighted by Crippen LogP contribution is -2.39. The summed E-state index contributed by atoms with van der Waals surface area (Å²) in [4.78, 5) is 43.2. The third-order valence-corrected chi connectivity index (χ3v) is 9.52. The van der Waals surface area contributed by atoms with Crippen molar-refractivity contribution in [1.82, 2.24) is 25.2 Å². The Bertz CT molecular complexity index is 1620. The number of H-pyrrole nitrogens is 1. The van der Waals surface area contributed by atoms with Crippen LogP contribution < -0.4 is 10.6 Å². The van der Waals surface area contributed by atoms with Gasteiger partial charge < -0.3 is 25.0 Å². The Morgan fingerprint density at radius 2 is 1.94 bits per heavy atom. The lowest BCUT2D eigenvalue weighted by atomic mass is 9.71. The molecule has 1 spiro atoms. The van der Waals surface area contributed by atoms with E-state index < -0.39 is 28.7 Å². The van der Waals surface area contributed by atoms with Gasteiger partial charge in [0.25, 0.3) is 5.91 Å². The second-order valence-corrected chi connectivity index (χ2v) is 13.9. The van der Waals surface area contributed by atoms with Crippen LogP contribution in [0.1, 0.15) is 74.6 Å². The SMILES string of the molecule is Cc1cc(C(F)(F)F)ccc1NC(=O)CNC1=C(C(=O)n2nc(C3=CCOCC3)[nH]2)C2(CCCN(C(=O)OC(C)(C)C)CC2)C2CC12. The van der Waals surface area contributed by atoms with Crippen molar-refractivity contribution in [2.75, 3.05) is 38.2 Å². The number of rotatable bonds is 6. The number of benzene rings is 1. The predicted octanol–water partition coefficient (Wildman–Crippen LogP) is 5.52. The Hall–Kier alpha value is -4.07. The van der Waals surface area contributed by atoms with E-state index in [1.807, 2.05) is 26.8 Å². The summed E-state index contributed by atoms with van der Waals surface area (Å²) in [6.07, 6.45) is 0.522. The zero-order chi connectivity index (χ0) is 33.7. The van der Waals surface area contributed by atoms with Crippen molar-refractivity contribution < 1.29 is 37.0 Å². The molecular weight excluding hydrogens is 617 g/mol. The minimum Gasteiger partial charge on any atom is -0.444 e. The fourth-order valence-corrected chi connectivity index (χ4v) is 7.23. The second-order valence-electron chi connectivity index (χ2n) is 13.9. The summed E-state index contributed by atoms with van der Waals surface area (Å²) in [6, 6.07) is 3.17. The molecule has 2 fully saturated rings. The summed E-state index contributed by atoms with van der Waals surface area (Å²) in [5.74, 6) is 0.0883. The number of ether oxygens (including phenoxy) is 2. The van der Waals surface area contributed by atoms with E-state index in [-0.39, 0.29) is 41.6 Å². The topological polar surface area (TPSA) is 131 Å². The number of allylic oxidation sites excluding steroid dienone is 2. The average Bonchev–Trinajstić information content (AvgIpc) is 3.75. The summed E-state index contributed by atoms with van der Waals surface area (Å²) in [6.45, 7) is 8.80. The lowest BCUT2D eigenvalue weighted by Gasteiger charge is -2.34. The van der Waals surface area contributed by atoms with Gasteiger partial charge in [-0.15, -0.1) is 9.90 Å². The molecule has 4 aliphatic rings. The molecule has 2 amide bonds. The molecule has 3 unspecified atom stereocenters. The van der Waals surface area contributed by atoms with Crippen LogP contribution in [0.3, 0.4) is 0 Å². The normalized spacial score (nSPS) is 24.5. The number of nitrogens with zero attached hydrogens (tertiary/aromatic N) is 3. The monoisotopic (exact) mass is 658 g/mol. The minimum absolute atomic E-state index is 0.0468. The Morgan fingerprint density at radius 1 is 1.17 bits per heavy atom. The van der Waals surface area contributed by atoms with Gasteiger partial charge in [0, 0.05) is 41.4 Å². The molecule has 6 rings (SSSR count). The van der Waals surface area contributed by atoms with Gasteiger partial charge in [0.05, 0.1) is 25.3 Å². The maximum absolute atomic E-state index is 14.2. The molecule has 1 saturated carbocycles. The van der Waals surface area contributed by atoms with Gasteiger partial charge in [-0.25, -0.2) is 4.79 Å². The number of hydrogen-bond acceptors (Lipinski definition) is 7. The van der Waals surface area contributed by atoms with Crippen molar-refractivity contribution in [1.29, 1.82) is 0 Å². The third kappa shape index (κ3) is 6.69. The molecule has 3 heterocycles. The molecule has 2 aliphatic carbocycles. The van der Waals surface area contributed by atoms with Crippen molar-refractivity contribution in [3.8, 4) is 0 Å². The number of fused-ring (bicyclic) bond motifs is 2. The number of aromatic nitrogens is 3. The number of anilines is 1. The minimum atomic E-state index is -4.48. The highest BCUT2D eigenvalue weighted by Crippen LogP contribution is 2.67. The van der Waals surface area contributed by atoms with Crippen molar-refractivity contribution in [2.24, 2.45) is 17.3 Å². The van der Waals surface area contributed by atoms with Crippen LogP contribution in [-0.2, 0) is 20.4 Å². The number of alkyl halides is 3. The summed E-state index contributed by atoms with van der Waals surface area (Å²) >= 11 is 0. The maximum atomic E-state index is 14.2. The Labute approximate surface area is 270 Å². The van der Waals surface area contributed by atoms with E-state index in [4.69, 9.17) is 9.47 Å². The summed E-state index contributed by atoms with van der Waals surface area (Å²) in [5.41, 5.74) is 0.869. The number of likely N-dealkylation sites (tertiary alicyclic amines) is 1. The van der Waals surface area contributed by atoms with Crippen LogP contribution in [0, 0.1) is 24.2 Å². The number of hydrogen-bond donors (Lipinski definition) is 3. The molecule has 2 aromatic rings. The van der Waals surface area contributed by atoms with E-state index >= 15 is 0 Å². The Morgan fingerprint density at radius 3 is 2.60 bits per heavy atom. The quantitative estimate of drug-likeness (QED) is 0.373. The fourth-order valence-electron chi connectivity index (χ4n) is 7.23. The number of aryl methyl sites for hydroxylation is 1. The van der Waals surface area contributed by atoms with Crippen molar-refractivity contribution in [3.63, 3.8) is 0 Å². The molecular formula is C33H41F3N6O5. The first-order chi connectivity index (χ1) is 22.2. The summed E-state index contributed by atoms with van der Waals surface area (Å²) in [7, 11) is 0. The summed E-state index contributed by atoms with van der Waals surface area (Å²) < 4.78 is 50.4. The molecule has 0 radical (unpaired) electrons. The summed E-state index contributed by atoms with van der Waals surface area (Å²) in [5, 5.41) is 13.5.